The van der Waals surface area contributed by atoms with Gasteiger partial charge in [0, 0.05) is 18.9 Å². The zero-order chi connectivity index (χ0) is 24.1. The van der Waals surface area contributed by atoms with E-state index < -0.39 is 34.3 Å². The van der Waals surface area contributed by atoms with Gasteiger partial charge in [0.05, 0.1) is 6.42 Å². The van der Waals surface area contributed by atoms with E-state index in [1.54, 1.807) is 18.5 Å². The van der Waals surface area contributed by atoms with E-state index in [1.165, 1.54) is 0 Å². The topological polar surface area (TPSA) is 92.3 Å². The van der Waals surface area contributed by atoms with Gasteiger partial charge in [0.15, 0.2) is 0 Å². The van der Waals surface area contributed by atoms with E-state index in [-0.39, 0.29) is 25.3 Å². The Hall–Kier alpha value is -2.42. The number of halogens is 2. The molecule has 1 saturated carbocycles. The summed E-state index contributed by atoms with van der Waals surface area (Å²) in [4.78, 5) is 18.3. The van der Waals surface area contributed by atoms with E-state index in [4.69, 9.17) is 4.42 Å². The van der Waals surface area contributed by atoms with E-state index in [2.05, 4.69) is 15.2 Å². The third kappa shape index (κ3) is 4.65. The van der Waals surface area contributed by atoms with Crippen LogP contribution in [0, 0.1) is 10.8 Å². The summed E-state index contributed by atoms with van der Waals surface area (Å²) < 4.78 is 37.1. The van der Waals surface area contributed by atoms with Crippen molar-refractivity contribution < 1.29 is 23.1 Å². The molecule has 1 aliphatic heterocycles. The summed E-state index contributed by atoms with van der Waals surface area (Å²) in [6.07, 6.45) is 5.11. The maximum absolute atomic E-state index is 15.7. The first-order chi connectivity index (χ1) is 15.3. The second kappa shape index (κ2) is 8.11. The lowest BCUT2D eigenvalue weighted by molar-refractivity contribution is -0.231. The van der Waals surface area contributed by atoms with Gasteiger partial charge in [-0.1, -0.05) is 33.8 Å². The quantitative estimate of drug-likeness (QED) is 0.711. The number of likely N-dealkylation sites (tertiary alicyclic amines) is 1. The molecule has 0 bridgehead atoms. The predicted octanol–water partition coefficient (Wildman–Crippen LogP) is 4.32. The molecule has 4 rings (SSSR count). The second-order valence-electron chi connectivity index (χ2n) is 11.2. The van der Waals surface area contributed by atoms with Crippen molar-refractivity contribution in [2.45, 2.75) is 83.8 Å². The normalized spacial score (nSPS) is 24.1. The van der Waals surface area contributed by atoms with Gasteiger partial charge in [-0.3, -0.25) is 9.78 Å². The van der Waals surface area contributed by atoms with Gasteiger partial charge >= 0.3 is 5.92 Å². The highest BCUT2D eigenvalue weighted by Gasteiger charge is 2.65. The molecule has 2 aliphatic rings. The Bertz CT molecular complexity index is 990. The minimum Gasteiger partial charge on any atom is -0.423 e. The number of alkyl halides is 2. The fourth-order valence-corrected chi connectivity index (χ4v) is 6.08. The number of aliphatic hydroxyl groups is 1. The average Bonchev–Trinajstić information content (AvgIpc) is 3.34. The van der Waals surface area contributed by atoms with Crippen LogP contribution in [0.25, 0.3) is 0 Å². The van der Waals surface area contributed by atoms with Gasteiger partial charge in [-0.2, -0.15) is 8.78 Å². The van der Waals surface area contributed by atoms with Crippen molar-refractivity contribution in [1.29, 1.82) is 0 Å². The number of rotatable bonds is 5. The molecule has 0 unspecified atom stereocenters. The first-order valence-corrected chi connectivity index (χ1v) is 11.4. The molecule has 2 aromatic heterocycles. The Morgan fingerprint density at radius 1 is 1.21 bits per heavy atom. The van der Waals surface area contributed by atoms with Gasteiger partial charge in [-0.05, 0) is 54.6 Å². The number of carbonyl (C=O) groups is 1. The van der Waals surface area contributed by atoms with Crippen molar-refractivity contribution in [1.82, 2.24) is 20.1 Å². The van der Waals surface area contributed by atoms with Gasteiger partial charge in [0.2, 0.25) is 11.8 Å². The smallest absolute Gasteiger partial charge is 0.352 e. The zero-order valence-electron chi connectivity index (χ0n) is 19.6. The van der Waals surface area contributed by atoms with Gasteiger partial charge in [-0.25, -0.2) is 0 Å². The Morgan fingerprint density at radius 3 is 2.55 bits per heavy atom. The van der Waals surface area contributed by atoms with E-state index in [1.807, 2.05) is 33.8 Å². The predicted molar refractivity (Wildman–Crippen MR) is 116 cm³/mol. The van der Waals surface area contributed by atoms with Crippen LogP contribution in [0.15, 0.2) is 28.9 Å². The second-order valence-corrected chi connectivity index (χ2v) is 11.2. The highest BCUT2D eigenvalue weighted by atomic mass is 19.3. The largest absolute Gasteiger partial charge is 0.423 e. The summed E-state index contributed by atoms with van der Waals surface area (Å²) in [6, 6.07) is 2.94. The summed E-state index contributed by atoms with van der Waals surface area (Å²) in [6.45, 7) is 7.60. The van der Waals surface area contributed by atoms with Crippen molar-refractivity contribution in [3.63, 3.8) is 0 Å². The number of hydrogen-bond donors (Lipinski definition) is 1. The molecule has 0 aromatic carbocycles. The van der Waals surface area contributed by atoms with Crippen LogP contribution in [-0.2, 0) is 11.2 Å². The van der Waals surface area contributed by atoms with E-state index in [0.29, 0.717) is 31.6 Å². The molecule has 1 N–H and O–H groups in total. The molecule has 1 aliphatic carbocycles. The van der Waals surface area contributed by atoms with Gasteiger partial charge < -0.3 is 14.4 Å². The lowest BCUT2D eigenvalue weighted by Crippen LogP contribution is -2.62. The van der Waals surface area contributed by atoms with Crippen molar-refractivity contribution >= 4 is 5.91 Å². The van der Waals surface area contributed by atoms with E-state index in [9.17, 15) is 9.90 Å². The summed E-state index contributed by atoms with van der Waals surface area (Å²) in [5.74, 6) is -4.82. The van der Waals surface area contributed by atoms with Crippen LogP contribution < -0.4 is 0 Å². The maximum Gasteiger partial charge on any atom is 0.352 e. The van der Waals surface area contributed by atoms with Crippen LogP contribution in [0.1, 0.15) is 83.2 Å². The minimum absolute atomic E-state index is 0.142. The SMILES string of the molecule is CC1(C)CC(C)(C)CC(O)(C(F)(F)C(=O)N2CCC[C@H]2c2nnc(Cc3cccnc3)o2)C1. The van der Waals surface area contributed by atoms with Gasteiger partial charge in [0.25, 0.3) is 5.91 Å². The highest BCUT2D eigenvalue weighted by molar-refractivity contribution is 5.85. The van der Waals surface area contributed by atoms with Crippen LogP contribution in [0.4, 0.5) is 8.78 Å². The molecule has 0 radical (unpaired) electrons. The first kappa shape index (κ1) is 23.7. The number of aromatic nitrogens is 3. The number of pyridine rings is 1. The maximum atomic E-state index is 15.7. The minimum atomic E-state index is -3.93. The van der Waals surface area contributed by atoms with Crippen molar-refractivity contribution in [2.75, 3.05) is 6.54 Å². The van der Waals surface area contributed by atoms with Crippen LogP contribution in [-0.4, -0.2) is 49.2 Å². The van der Waals surface area contributed by atoms with Crippen LogP contribution >= 0.6 is 0 Å². The van der Waals surface area contributed by atoms with Crippen LogP contribution in [0.2, 0.25) is 0 Å². The van der Waals surface area contributed by atoms with Crippen molar-refractivity contribution in [2.24, 2.45) is 10.8 Å². The first-order valence-electron chi connectivity index (χ1n) is 11.4. The molecule has 1 amide bonds. The molecule has 33 heavy (non-hydrogen) atoms. The molecule has 9 heteroatoms. The fraction of sp³-hybridized carbons (Fsp3) is 0.667. The van der Waals surface area contributed by atoms with E-state index in [0.717, 1.165) is 10.5 Å². The molecule has 3 heterocycles. The fourth-order valence-electron chi connectivity index (χ4n) is 6.08. The third-order valence-corrected chi connectivity index (χ3v) is 6.71. The average molecular weight is 463 g/mol. The molecule has 180 valence electrons. The van der Waals surface area contributed by atoms with Crippen molar-refractivity contribution in [3.8, 4) is 0 Å². The Morgan fingerprint density at radius 2 is 1.91 bits per heavy atom. The molecular formula is C24H32F2N4O3. The van der Waals surface area contributed by atoms with Crippen LogP contribution in [0.3, 0.4) is 0 Å². The van der Waals surface area contributed by atoms with E-state index >= 15 is 8.78 Å². The number of amides is 1. The molecule has 1 atom stereocenters. The summed E-state index contributed by atoms with van der Waals surface area (Å²) in [5, 5.41) is 19.3. The van der Waals surface area contributed by atoms with Gasteiger partial charge in [0.1, 0.15) is 11.6 Å². The summed E-state index contributed by atoms with van der Waals surface area (Å²) >= 11 is 0. The molecular weight excluding hydrogens is 430 g/mol. The Labute approximate surface area is 192 Å². The number of nitrogens with zero attached hydrogens (tertiary/aromatic N) is 4. The summed E-state index contributed by atoms with van der Waals surface area (Å²) in [7, 11) is 0. The monoisotopic (exact) mass is 462 g/mol. The molecule has 7 nitrogen and oxygen atoms in total. The van der Waals surface area contributed by atoms with Gasteiger partial charge in [-0.15, -0.1) is 10.2 Å². The lowest BCUT2D eigenvalue weighted by atomic mass is 9.58. The standard InChI is InChI=1S/C24H32F2N4O3/c1-21(2)13-22(3,4)15-23(32,14-21)24(25,26)20(31)30-10-6-8-17(30)19-29-28-18(33-19)11-16-7-5-9-27-12-16/h5,7,9,12,17,32H,6,8,10-11,13-15H2,1-4H3/t17-/m0/s1. The summed E-state index contributed by atoms with van der Waals surface area (Å²) in [5.41, 5.74) is -2.57. The molecule has 0 spiro atoms. The number of carbonyl (C=O) groups excluding carboxylic acids is 1. The molecule has 2 fully saturated rings. The van der Waals surface area contributed by atoms with Crippen molar-refractivity contribution in [3.05, 3.63) is 41.9 Å². The third-order valence-electron chi connectivity index (χ3n) is 6.71. The Kier molecular flexibility index (Phi) is 5.83. The Balaban J connectivity index is 1.55. The lowest BCUT2D eigenvalue weighted by Gasteiger charge is -2.51. The molecule has 2 aromatic rings. The number of hydrogen-bond acceptors (Lipinski definition) is 6. The zero-order valence-corrected chi connectivity index (χ0v) is 19.6. The van der Waals surface area contributed by atoms with Crippen LogP contribution in [0.5, 0.6) is 0 Å². The molecule has 1 saturated heterocycles. The highest BCUT2D eigenvalue weighted by Crippen LogP contribution is 2.55.